The zero-order valence-electron chi connectivity index (χ0n) is 23.0. The van der Waals surface area contributed by atoms with Crippen molar-refractivity contribution in [2.24, 2.45) is 0 Å². The number of halogens is 2. The lowest BCUT2D eigenvalue weighted by Crippen LogP contribution is -1.89. The first kappa shape index (κ1) is 32.4. The van der Waals surface area contributed by atoms with Gasteiger partial charge in [-0.05, 0) is 57.5 Å². The molecule has 0 aromatic carbocycles. The second-order valence-corrected chi connectivity index (χ2v) is 15.0. The Bertz CT molecular complexity index is 737. The molecule has 2 rings (SSSR count). The molecule has 0 unspecified atom stereocenters. The van der Waals surface area contributed by atoms with E-state index in [0.717, 1.165) is 22.9 Å². The summed E-state index contributed by atoms with van der Waals surface area (Å²) in [5, 5.41) is 2.15. The van der Waals surface area contributed by atoms with Gasteiger partial charge in [0.25, 0.3) is 0 Å². The normalized spacial score (nSPS) is 11.6. The van der Waals surface area contributed by atoms with Crippen LogP contribution in [0.15, 0.2) is 7.57 Å². The van der Waals surface area contributed by atoms with Crippen molar-refractivity contribution < 1.29 is 0 Å². The molecule has 6 heteroatoms. The molecule has 36 heavy (non-hydrogen) atoms. The third-order valence-electron chi connectivity index (χ3n) is 7.02. The van der Waals surface area contributed by atoms with Crippen LogP contribution in [0.4, 0.5) is 0 Å². The van der Waals surface area contributed by atoms with Gasteiger partial charge in [-0.1, -0.05) is 129 Å². The van der Waals surface area contributed by atoms with Crippen molar-refractivity contribution in [3.05, 3.63) is 19.0 Å². The van der Waals surface area contributed by atoms with Gasteiger partial charge in [-0.25, -0.2) is 9.97 Å². The van der Waals surface area contributed by atoms with Crippen molar-refractivity contribution in [1.82, 2.24) is 9.97 Å². The monoisotopic (exact) mass is 660 g/mol. The zero-order chi connectivity index (χ0) is 25.8. The molecular weight excluding hydrogens is 612 g/mol. The van der Waals surface area contributed by atoms with Gasteiger partial charge in [-0.2, -0.15) is 0 Å². The Balaban J connectivity index is 1.62. The van der Waals surface area contributed by atoms with E-state index in [1.165, 1.54) is 147 Å². The van der Waals surface area contributed by atoms with Crippen LogP contribution in [-0.4, -0.2) is 9.97 Å². The smallest absolute Gasteiger partial charge is 0.153 e. The number of aryl methyl sites for hydroxylation is 2. The van der Waals surface area contributed by atoms with Crippen LogP contribution in [0, 0.1) is 0 Å². The first-order chi connectivity index (χ1) is 17.7. The highest BCUT2D eigenvalue weighted by atomic mass is 79.9. The summed E-state index contributed by atoms with van der Waals surface area (Å²) in [7, 11) is 0. The molecule has 2 heterocycles. The van der Waals surface area contributed by atoms with Gasteiger partial charge in [0, 0.05) is 0 Å². The molecule has 0 aliphatic carbocycles. The largest absolute Gasteiger partial charge is 0.237 e. The molecule has 0 saturated carbocycles. The molecule has 0 atom stereocenters. The van der Waals surface area contributed by atoms with Crippen molar-refractivity contribution in [3.63, 3.8) is 0 Å². The lowest BCUT2D eigenvalue weighted by Gasteiger charge is -2.02. The maximum atomic E-state index is 4.97. The summed E-state index contributed by atoms with van der Waals surface area (Å²) < 4.78 is 2.38. The maximum Gasteiger partial charge on any atom is 0.153 e. The van der Waals surface area contributed by atoms with Crippen LogP contribution in [0.5, 0.6) is 0 Å². The van der Waals surface area contributed by atoms with Gasteiger partial charge >= 0.3 is 0 Å². The lowest BCUT2D eigenvalue weighted by molar-refractivity contribution is 0.555. The Labute approximate surface area is 247 Å². The number of thiazole rings is 2. The Morgan fingerprint density at radius 1 is 0.444 bits per heavy atom. The van der Waals surface area contributed by atoms with Crippen LogP contribution >= 0.6 is 54.5 Å². The van der Waals surface area contributed by atoms with E-state index >= 15 is 0 Å². The predicted octanol–water partition coefficient (Wildman–Crippen LogP) is 12.7. The van der Waals surface area contributed by atoms with E-state index in [2.05, 4.69) is 45.7 Å². The van der Waals surface area contributed by atoms with Crippen LogP contribution in [0.1, 0.15) is 154 Å². The predicted molar refractivity (Wildman–Crippen MR) is 170 cm³/mol. The van der Waals surface area contributed by atoms with E-state index in [-0.39, 0.29) is 0 Å². The lowest BCUT2D eigenvalue weighted by atomic mass is 10.1. The SMILES string of the molecule is CCCCCCCCCCCCc1nc(-c2nc(CCCCCCCCCCCC)c(Br)s2)sc1Br. The molecule has 0 radical (unpaired) electrons. The summed E-state index contributed by atoms with van der Waals surface area (Å²) in [5.41, 5.74) is 2.44. The van der Waals surface area contributed by atoms with Gasteiger partial charge in [-0.15, -0.1) is 22.7 Å². The fourth-order valence-corrected chi connectivity index (χ4v) is 7.91. The molecule has 0 N–H and O–H groups in total. The summed E-state index contributed by atoms with van der Waals surface area (Å²) in [6.07, 6.45) is 29.6. The average Bonchev–Trinajstić information content (AvgIpc) is 3.43. The average molecular weight is 663 g/mol. The summed E-state index contributed by atoms with van der Waals surface area (Å²) in [4.78, 5) is 9.93. The van der Waals surface area contributed by atoms with E-state index < -0.39 is 0 Å². The molecule has 2 aromatic rings. The fourth-order valence-electron chi connectivity index (χ4n) is 4.72. The van der Waals surface area contributed by atoms with Crippen molar-refractivity contribution in [2.45, 2.75) is 155 Å². The molecule has 0 fully saturated rings. The second kappa shape index (κ2) is 21.1. The number of unbranched alkanes of at least 4 members (excludes halogenated alkanes) is 18. The summed E-state index contributed by atoms with van der Waals surface area (Å²) in [6.45, 7) is 4.58. The Morgan fingerprint density at radius 2 is 0.722 bits per heavy atom. The maximum absolute atomic E-state index is 4.97. The minimum Gasteiger partial charge on any atom is -0.237 e. The van der Waals surface area contributed by atoms with E-state index in [1.54, 1.807) is 22.7 Å². The molecule has 0 aliphatic rings. The van der Waals surface area contributed by atoms with Gasteiger partial charge < -0.3 is 0 Å². The quantitative estimate of drug-likeness (QED) is 0.111. The van der Waals surface area contributed by atoms with Crippen LogP contribution < -0.4 is 0 Å². The summed E-state index contributed by atoms with van der Waals surface area (Å²) in [5.74, 6) is 0. The van der Waals surface area contributed by atoms with Crippen LogP contribution in [0.25, 0.3) is 10.0 Å². The minimum absolute atomic E-state index is 1.07. The zero-order valence-corrected chi connectivity index (χ0v) is 27.8. The molecule has 0 amide bonds. The molecular formula is C30H50Br2N2S2. The molecule has 2 nitrogen and oxygen atoms in total. The van der Waals surface area contributed by atoms with E-state index in [0.29, 0.717) is 0 Å². The Morgan fingerprint density at radius 3 is 1.03 bits per heavy atom. The highest BCUT2D eigenvalue weighted by Crippen LogP contribution is 2.38. The number of aromatic nitrogens is 2. The van der Waals surface area contributed by atoms with E-state index in [9.17, 15) is 0 Å². The fraction of sp³-hybridized carbons (Fsp3) is 0.800. The van der Waals surface area contributed by atoms with E-state index in [1.807, 2.05) is 0 Å². The standard InChI is InChI=1S/C30H50Br2N2S2/c1-3-5-7-9-11-13-15-17-19-21-23-25-27(31)35-29(33-25)30-34-26(28(32)36-30)24-22-20-18-16-14-12-10-8-6-4-2/h3-24H2,1-2H3. The van der Waals surface area contributed by atoms with Crippen LogP contribution in [0.2, 0.25) is 0 Å². The first-order valence-corrected chi connectivity index (χ1v) is 18.2. The van der Waals surface area contributed by atoms with Crippen molar-refractivity contribution in [1.29, 1.82) is 0 Å². The molecule has 0 spiro atoms. The number of nitrogens with zero attached hydrogens (tertiary/aromatic N) is 2. The van der Waals surface area contributed by atoms with Gasteiger partial charge in [0.05, 0.1) is 19.0 Å². The van der Waals surface area contributed by atoms with Crippen LogP contribution in [-0.2, 0) is 12.8 Å². The minimum atomic E-state index is 1.07. The first-order valence-electron chi connectivity index (χ1n) is 15.0. The summed E-state index contributed by atoms with van der Waals surface area (Å²) in [6, 6.07) is 0. The highest BCUT2D eigenvalue weighted by molar-refractivity contribution is 9.11. The van der Waals surface area contributed by atoms with Crippen LogP contribution in [0.3, 0.4) is 0 Å². The third-order valence-corrected chi connectivity index (χ3v) is 10.8. The summed E-state index contributed by atoms with van der Waals surface area (Å²) >= 11 is 11.0. The van der Waals surface area contributed by atoms with Crippen molar-refractivity contribution in [3.8, 4) is 10.0 Å². The molecule has 2 aromatic heterocycles. The third kappa shape index (κ3) is 13.8. The number of rotatable bonds is 23. The Hall–Kier alpha value is 0.220. The Kier molecular flexibility index (Phi) is 19.0. The molecule has 0 bridgehead atoms. The topological polar surface area (TPSA) is 25.8 Å². The molecule has 0 saturated heterocycles. The molecule has 0 aliphatic heterocycles. The number of hydrogen-bond acceptors (Lipinski definition) is 4. The van der Waals surface area contributed by atoms with Crippen molar-refractivity contribution in [2.75, 3.05) is 0 Å². The second-order valence-electron chi connectivity index (χ2n) is 10.3. The number of hydrogen-bond donors (Lipinski definition) is 0. The van der Waals surface area contributed by atoms with E-state index in [4.69, 9.17) is 9.97 Å². The van der Waals surface area contributed by atoms with Gasteiger partial charge in [0.15, 0.2) is 10.0 Å². The highest BCUT2D eigenvalue weighted by Gasteiger charge is 2.16. The van der Waals surface area contributed by atoms with Gasteiger partial charge in [0.2, 0.25) is 0 Å². The van der Waals surface area contributed by atoms with Gasteiger partial charge in [0.1, 0.15) is 0 Å². The van der Waals surface area contributed by atoms with Crippen molar-refractivity contribution >= 4 is 54.5 Å². The van der Waals surface area contributed by atoms with Gasteiger partial charge in [-0.3, -0.25) is 0 Å². The molecule has 206 valence electrons.